The number of hydrogen-bond donors (Lipinski definition) is 1. The number of nitrogens with one attached hydrogen (secondary N) is 1. The molecule has 30 heavy (non-hydrogen) atoms. The Bertz CT molecular complexity index is 998. The van der Waals surface area contributed by atoms with E-state index in [1.807, 2.05) is 25.1 Å². The Labute approximate surface area is 181 Å². The van der Waals surface area contributed by atoms with Gasteiger partial charge in [0.2, 0.25) is 0 Å². The number of carbonyl (C=O) groups is 1. The van der Waals surface area contributed by atoms with Crippen LogP contribution in [0, 0.1) is 0 Å². The van der Waals surface area contributed by atoms with Crippen LogP contribution in [0.25, 0.3) is 0 Å². The molecular weight excluding hydrogens is 400 g/mol. The van der Waals surface area contributed by atoms with Gasteiger partial charge in [-0.05, 0) is 30.7 Å². The molecule has 1 amide bonds. The van der Waals surface area contributed by atoms with Crippen LogP contribution in [0.4, 0.5) is 11.4 Å². The summed E-state index contributed by atoms with van der Waals surface area (Å²) in [7, 11) is 0. The van der Waals surface area contributed by atoms with E-state index in [4.69, 9.17) is 11.6 Å². The first-order valence-electron chi connectivity index (χ1n) is 10.1. The van der Waals surface area contributed by atoms with Crippen molar-refractivity contribution in [3.63, 3.8) is 0 Å². The quantitative estimate of drug-likeness (QED) is 0.655. The summed E-state index contributed by atoms with van der Waals surface area (Å²) in [5, 5.41) is 11.2. The van der Waals surface area contributed by atoms with Gasteiger partial charge in [-0.3, -0.25) is 9.69 Å². The number of piperazine rings is 1. The number of aryl methyl sites for hydroxylation is 1. The summed E-state index contributed by atoms with van der Waals surface area (Å²) in [6, 6.07) is 16.2. The fraction of sp³-hybridized carbons (Fsp3) is 0.318. The lowest BCUT2D eigenvalue weighted by molar-refractivity contribution is 0.101. The summed E-state index contributed by atoms with van der Waals surface area (Å²) < 4.78 is 1.56. The summed E-state index contributed by atoms with van der Waals surface area (Å²) in [6.07, 6.45) is 1.46. The maximum atomic E-state index is 12.5. The third-order valence-electron chi connectivity index (χ3n) is 5.32. The molecule has 1 aromatic heterocycles. The van der Waals surface area contributed by atoms with E-state index < -0.39 is 0 Å². The highest BCUT2D eigenvalue weighted by molar-refractivity contribution is 6.33. The van der Waals surface area contributed by atoms with Crippen LogP contribution in [0.5, 0.6) is 0 Å². The second-order valence-electron chi connectivity index (χ2n) is 7.30. The first-order chi connectivity index (χ1) is 14.6. The molecule has 1 saturated heterocycles. The van der Waals surface area contributed by atoms with Crippen molar-refractivity contribution in [2.75, 3.05) is 36.4 Å². The highest BCUT2D eigenvalue weighted by Crippen LogP contribution is 2.30. The topological polar surface area (TPSA) is 66.3 Å². The van der Waals surface area contributed by atoms with Crippen LogP contribution in [-0.2, 0) is 13.1 Å². The van der Waals surface area contributed by atoms with Gasteiger partial charge in [-0.2, -0.15) is 0 Å². The van der Waals surface area contributed by atoms with E-state index in [1.54, 1.807) is 10.7 Å². The number of nitrogens with zero attached hydrogens (tertiary/aromatic N) is 5. The number of aromatic nitrogens is 3. The number of hydrogen-bond acceptors (Lipinski definition) is 5. The predicted molar refractivity (Wildman–Crippen MR) is 119 cm³/mol. The lowest BCUT2D eigenvalue weighted by Gasteiger charge is -2.36. The van der Waals surface area contributed by atoms with Gasteiger partial charge in [0.15, 0.2) is 0 Å². The standard InChI is InChI=1S/C22H25ClN6O/c1-2-29-21(15-24-26-29)22(30)25-18-8-9-20(19(23)14-18)28-12-10-27(11-13-28)16-17-6-4-3-5-7-17/h3-9,14-15H,2,10-13,16H2,1H3,(H,25,30). The van der Waals surface area contributed by atoms with Gasteiger partial charge in [0.05, 0.1) is 16.9 Å². The van der Waals surface area contributed by atoms with E-state index in [2.05, 4.69) is 49.7 Å². The van der Waals surface area contributed by atoms with Gasteiger partial charge in [0, 0.05) is 45.0 Å². The second-order valence-corrected chi connectivity index (χ2v) is 7.71. The number of benzene rings is 2. The molecule has 0 unspecified atom stereocenters. The van der Waals surface area contributed by atoms with Crippen molar-refractivity contribution in [1.82, 2.24) is 19.9 Å². The number of amides is 1. The molecule has 1 aliphatic heterocycles. The fourth-order valence-corrected chi connectivity index (χ4v) is 3.99. The zero-order valence-corrected chi connectivity index (χ0v) is 17.7. The average molecular weight is 425 g/mol. The average Bonchev–Trinajstić information content (AvgIpc) is 3.25. The lowest BCUT2D eigenvalue weighted by Crippen LogP contribution is -2.46. The molecule has 1 N–H and O–H groups in total. The first-order valence-corrected chi connectivity index (χ1v) is 10.5. The molecular formula is C22H25ClN6O. The fourth-order valence-electron chi connectivity index (χ4n) is 3.69. The summed E-state index contributed by atoms with van der Waals surface area (Å²) in [4.78, 5) is 17.2. The van der Waals surface area contributed by atoms with Crippen molar-refractivity contribution in [3.8, 4) is 0 Å². The molecule has 1 aliphatic rings. The summed E-state index contributed by atoms with van der Waals surface area (Å²) in [5.74, 6) is -0.250. The SMILES string of the molecule is CCn1nncc1C(=O)Nc1ccc(N2CCN(Cc3ccccc3)CC2)c(Cl)c1. The van der Waals surface area contributed by atoms with E-state index in [9.17, 15) is 4.79 Å². The van der Waals surface area contributed by atoms with Crippen molar-refractivity contribution in [2.45, 2.75) is 20.0 Å². The molecule has 4 rings (SSSR count). The Morgan fingerprint density at radius 2 is 1.87 bits per heavy atom. The Morgan fingerprint density at radius 1 is 1.10 bits per heavy atom. The van der Waals surface area contributed by atoms with Crippen LogP contribution in [0.3, 0.4) is 0 Å². The summed E-state index contributed by atoms with van der Waals surface area (Å²) in [6.45, 7) is 7.26. The third kappa shape index (κ3) is 4.63. The van der Waals surface area contributed by atoms with Crippen molar-refractivity contribution in [1.29, 1.82) is 0 Å². The van der Waals surface area contributed by atoms with Crippen LogP contribution in [0.1, 0.15) is 23.0 Å². The number of carbonyl (C=O) groups excluding carboxylic acids is 1. The van der Waals surface area contributed by atoms with Crippen LogP contribution in [0.15, 0.2) is 54.7 Å². The van der Waals surface area contributed by atoms with Crippen molar-refractivity contribution in [3.05, 3.63) is 71.0 Å². The van der Waals surface area contributed by atoms with Gasteiger partial charge < -0.3 is 10.2 Å². The van der Waals surface area contributed by atoms with Crippen LogP contribution in [-0.4, -0.2) is 52.0 Å². The molecule has 0 spiro atoms. The molecule has 156 valence electrons. The molecule has 0 bridgehead atoms. The van der Waals surface area contributed by atoms with Crippen LogP contribution >= 0.6 is 11.6 Å². The molecule has 2 aromatic carbocycles. The Hall–Kier alpha value is -2.90. The van der Waals surface area contributed by atoms with Crippen molar-refractivity contribution in [2.24, 2.45) is 0 Å². The first kappa shape index (κ1) is 20.4. The van der Waals surface area contributed by atoms with Crippen LogP contribution in [0.2, 0.25) is 5.02 Å². The smallest absolute Gasteiger partial charge is 0.275 e. The minimum Gasteiger partial charge on any atom is -0.368 e. The number of anilines is 2. The lowest BCUT2D eigenvalue weighted by atomic mass is 10.2. The molecule has 1 fully saturated rings. The van der Waals surface area contributed by atoms with E-state index in [-0.39, 0.29) is 5.91 Å². The molecule has 8 heteroatoms. The number of rotatable bonds is 6. The normalized spacial score (nSPS) is 14.7. The Morgan fingerprint density at radius 3 is 2.57 bits per heavy atom. The van der Waals surface area contributed by atoms with Crippen LogP contribution < -0.4 is 10.2 Å². The van der Waals surface area contributed by atoms with Gasteiger partial charge in [0.25, 0.3) is 5.91 Å². The second kappa shape index (κ2) is 9.28. The molecule has 2 heterocycles. The van der Waals surface area contributed by atoms with Crippen molar-refractivity contribution >= 4 is 28.9 Å². The molecule has 3 aromatic rings. The van der Waals surface area contributed by atoms with E-state index >= 15 is 0 Å². The summed E-state index contributed by atoms with van der Waals surface area (Å²) in [5.41, 5.74) is 3.41. The zero-order valence-electron chi connectivity index (χ0n) is 17.0. The van der Waals surface area contributed by atoms with Crippen molar-refractivity contribution < 1.29 is 4.79 Å². The Balaban J connectivity index is 1.36. The van der Waals surface area contributed by atoms with Gasteiger partial charge >= 0.3 is 0 Å². The zero-order chi connectivity index (χ0) is 20.9. The van der Waals surface area contributed by atoms with Gasteiger partial charge in [-0.15, -0.1) is 5.10 Å². The summed E-state index contributed by atoms with van der Waals surface area (Å²) >= 11 is 6.56. The monoisotopic (exact) mass is 424 g/mol. The van der Waals surface area contributed by atoms with Gasteiger partial charge in [-0.1, -0.05) is 47.1 Å². The van der Waals surface area contributed by atoms with E-state index in [1.165, 1.54) is 11.8 Å². The van der Waals surface area contributed by atoms with E-state index in [0.29, 0.717) is 22.9 Å². The molecule has 0 atom stereocenters. The molecule has 7 nitrogen and oxygen atoms in total. The third-order valence-corrected chi connectivity index (χ3v) is 5.62. The maximum absolute atomic E-state index is 12.5. The predicted octanol–water partition coefficient (Wildman–Crippen LogP) is 3.53. The maximum Gasteiger partial charge on any atom is 0.275 e. The molecule has 0 saturated carbocycles. The number of halogens is 1. The minimum atomic E-state index is -0.250. The minimum absolute atomic E-state index is 0.250. The Kier molecular flexibility index (Phi) is 6.30. The van der Waals surface area contributed by atoms with E-state index in [0.717, 1.165) is 38.4 Å². The van der Waals surface area contributed by atoms with Gasteiger partial charge in [-0.25, -0.2) is 4.68 Å². The largest absolute Gasteiger partial charge is 0.368 e. The highest BCUT2D eigenvalue weighted by atomic mass is 35.5. The highest BCUT2D eigenvalue weighted by Gasteiger charge is 2.20. The molecule has 0 radical (unpaired) electrons. The van der Waals surface area contributed by atoms with Gasteiger partial charge in [0.1, 0.15) is 5.69 Å². The molecule has 0 aliphatic carbocycles.